The van der Waals surface area contributed by atoms with Crippen LogP contribution in [-0.2, 0) is 0 Å². The fourth-order valence-electron chi connectivity index (χ4n) is 0.387. The number of hydrogen-bond donors (Lipinski definition) is 1. The Kier molecular flexibility index (Phi) is 3.16. The van der Waals surface area contributed by atoms with Crippen LogP contribution < -0.4 is 5.73 Å². The van der Waals surface area contributed by atoms with Gasteiger partial charge in [0.2, 0.25) is 0 Å². The van der Waals surface area contributed by atoms with Crippen LogP contribution in [0.1, 0.15) is 0 Å². The third kappa shape index (κ3) is 2.41. The van der Waals surface area contributed by atoms with Crippen LogP contribution in [0.3, 0.4) is 0 Å². The second kappa shape index (κ2) is 3.40. The molecule has 1 aromatic rings. The highest BCUT2D eigenvalue weighted by atomic mass is 79.9. The fraction of sp³-hybridized carbons (Fsp3) is 0. The first kappa shape index (κ1) is 8.36. The molecule has 0 aromatic carbocycles. The number of aromatic nitrogens is 1. The largest absolute Gasteiger partial charge is 0.384 e. The highest BCUT2D eigenvalue weighted by Gasteiger charge is 1.85. The second-order valence-corrected chi connectivity index (χ2v) is 1.40. The molecule has 0 atom stereocenters. The molecule has 0 saturated heterocycles. The SMILES string of the molecule is Br.Nc1ccc(F)cn1. The van der Waals surface area contributed by atoms with Gasteiger partial charge >= 0.3 is 0 Å². The number of nitrogens with zero attached hydrogens (tertiary/aromatic N) is 1. The lowest BCUT2D eigenvalue weighted by molar-refractivity contribution is 0.622. The second-order valence-electron chi connectivity index (χ2n) is 1.40. The summed E-state index contributed by atoms with van der Waals surface area (Å²) in [6, 6.07) is 2.68. The number of nitrogens with two attached hydrogens (primary N) is 1. The van der Waals surface area contributed by atoms with Gasteiger partial charge in [0, 0.05) is 0 Å². The van der Waals surface area contributed by atoms with Gasteiger partial charge < -0.3 is 5.73 Å². The summed E-state index contributed by atoms with van der Waals surface area (Å²) in [6.45, 7) is 0. The van der Waals surface area contributed by atoms with Gasteiger partial charge in [-0.1, -0.05) is 0 Å². The van der Waals surface area contributed by atoms with E-state index in [0.29, 0.717) is 5.82 Å². The van der Waals surface area contributed by atoms with Crippen LogP contribution in [0, 0.1) is 5.82 Å². The Bertz CT molecular complexity index is 154. The first-order valence-corrected chi connectivity index (χ1v) is 2.16. The lowest BCUT2D eigenvalue weighted by Crippen LogP contribution is -1.87. The van der Waals surface area contributed by atoms with Crippen LogP contribution in [-0.4, -0.2) is 4.98 Å². The Balaban J connectivity index is 0.000000640. The standard InChI is InChI=1S/C5H5FN2.BrH/c6-4-1-2-5(7)8-3-4;/h1-3H,(H2,7,8);1H. The summed E-state index contributed by atoms with van der Waals surface area (Å²) < 4.78 is 12.0. The minimum atomic E-state index is -0.362. The molecule has 1 aromatic heterocycles. The van der Waals surface area contributed by atoms with Gasteiger partial charge in [0.1, 0.15) is 11.6 Å². The quantitative estimate of drug-likeness (QED) is 0.675. The van der Waals surface area contributed by atoms with Crippen molar-refractivity contribution in [2.75, 3.05) is 5.73 Å². The lowest BCUT2D eigenvalue weighted by Gasteiger charge is -1.86. The summed E-state index contributed by atoms with van der Waals surface area (Å²) in [6.07, 6.45) is 1.08. The predicted molar refractivity (Wildman–Crippen MR) is 38.9 cm³/mol. The summed E-state index contributed by atoms with van der Waals surface area (Å²) in [7, 11) is 0. The van der Waals surface area contributed by atoms with E-state index in [0.717, 1.165) is 6.20 Å². The summed E-state index contributed by atoms with van der Waals surface area (Å²) in [5, 5.41) is 0. The average Bonchev–Trinajstić information content (AvgIpc) is 1.77. The molecule has 0 aliphatic heterocycles. The minimum absolute atomic E-state index is 0. The van der Waals surface area contributed by atoms with E-state index in [1.54, 1.807) is 0 Å². The maximum Gasteiger partial charge on any atom is 0.141 e. The monoisotopic (exact) mass is 192 g/mol. The van der Waals surface area contributed by atoms with Crippen molar-refractivity contribution in [2.45, 2.75) is 0 Å². The van der Waals surface area contributed by atoms with Crippen LogP contribution in [0.5, 0.6) is 0 Å². The first-order chi connectivity index (χ1) is 3.79. The van der Waals surface area contributed by atoms with Crippen LogP contribution >= 0.6 is 17.0 Å². The summed E-state index contributed by atoms with van der Waals surface area (Å²) >= 11 is 0. The van der Waals surface area contributed by atoms with E-state index in [2.05, 4.69) is 4.98 Å². The molecule has 0 radical (unpaired) electrons. The van der Waals surface area contributed by atoms with Crippen molar-refractivity contribution < 1.29 is 4.39 Å². The zero-order chi connectivity index (χ0) is 5.98. The highest BCUT2D eigenvalue weighted by molar-refractivity contribution is 8.93. The molecule has 0 unspecified atom stereocenters. The number of pyridine rings is 1. The normalized spacial score (nSPS) is 8.11. The maximum absolute atomic E-state index is 12.0. The lowest BCUT2D eigenvalue weighted by atomic mass is 10.5. The molecule has 2 N–H and O–H groups in total. The van der Waals surface area contributed by atoms with Gasteiger partial charge in [-0.25, -0.2) is 9.37 Å². The minimum Gasteiger partial charge on any atom is -0.384 e. The van der Waals surface area contributed by atoms with Gasteiger partial charge in [-0.3, -0.25) is 0 Å². The third-order valence-corrected chi connectivity index (χ3v) is 0.750. The molecule has 0 aliphatic carbocycles. The topological polar surface area (TPSA) is 38.9 Å². The Labute approximate surface area is 62.7 Å². The Morgan fingerprint density at radius 2 is 2.11 bits per heavy atom. The molecule has 0 bridgehead atoms. The van der Waals surface area contributed by atoms with Gasteiger partial charge in [0.05, 0.1) is 6.20 Å². The summed E-state index contributed by atoms with van der Waals surface area (Å²) in [5.74, 6) is -0.0226. The van der Waals surface area contributed by atoms with Crippen molar-refractivity contribution in [3.63, 3.8) is 0 Å². The van der Waals surface area contributed by atoms with Crippen LogP contribution in [0.25, 0.3) is 0 Å². The molecule has 0 aliphatic rings. The van der Waals surface area contributed by atoms with Crippen LogP contribution in [0.15, 0.2) is 18.3 Å². The van der Waals surface area contributed by atoms with Gasteiger partial charge in [0.25, 0.3) is 0 Å². The van der Waals surface area contributed by atoms with E-state index < -0.39 is 0 Å². The van der Waals surface area contributed by atoms with Crippen molar-refractivity contribution in [1.82, 2.24) is 4.98 Å². The smallest absolute Gasteiger partial charge is 0.141 e. The predicted octanol–water partition coefficient (Wildman–Crippen LogP) is 1.38. The van der Waals surface area contributed by atoms with Gasteiger partial charge in [-0.15, -0.1) is 17.0 Å². The van der Waals surface area contributed by atoms with Crippen molar-refractivity contribution in [2.24, 2.45) is 0 Å². The molecule has 0 spiro atoms. The Morgan fingerprint density at radius 1 is 1.44 bits per heavy atom. The van der Waals surface area contributed by atoms with Gasteiger partial charge in [-0.05, 0) is 12.1 Å². The Morgan fingerprint density at radius 3 is 2.44 bits per heavy atom. The maximum atomic E-state index is 12.0. The summed E-state index contributed by atoms with van der Waals surface area (Å²) in [4.78, 5) is 3.48. The number of rotatable bonds is 0. The van der Waals surface area contributed by atoms with E-state index in [1.807, 2.05) is 0 Å². The molecule has 50 valence electrons. The van der Waals surface area contributed by atoms with Gasteiger partial charge in [-0.2, -0.15) is 0 Å². The molecule has 1 heterocycles. The van der Waals surface area contributed by atoms with Crippen molar-refractivity contribution >= 4 is 22.8 Å². The van der Waals surface area contributed by atoms with Crippen LogP contribution in [0.4, 0.5) is 10.2 Å². The summed E-state index contributed by atoms with van der Waals surface area (Å²) in [5.41, 5.74) is 5.15. The van der Waals surface area contributed by atoms with E-state index in [9.17, 15) is 4.39 Å². The fourth-order valence-corrected chi connectivity index (χ4v) is 0.387. The van der Waals surface area contributed by atoms with E-state index in [4.69, 9.17) is 5.73 Å². The Hall–Kier alpha value is -0.640. The highest BCUT2D eigenvalue weighted by Crippen LogP contribution is 1.96. The molecule has 2 nitrogen and oxygen atoms in total. The number of halogens is 2. The van der Waals surface area contributed by atoms with E-state index >= 15 is 0 Å². The molecular formula is C5H6BrFN2. The third-order valence-electron chi connectivity index (χ3n) is 0.750. The van der Waals surface area contributed by atoms with Crippen LogP contribution in [0.2, 0.25) is 0 Å². The molecular weight excluding hydrogens is 187 g/mol. The zero-order valence-corrected chi connectivity index (χ0v) is 6.26. The molecule has 9 heavy (non-hydrogen) atoms. The molecule has 0 saturated carbocycles. The molecule has 0 fully saturated rings. The zero-order valence-electron chi connectivity index (χ0n) is 4.54. The molecule has 4 heteroatoms. The first-order valence-electron chi connectivity index (χ1n) is 2.16. The number of hydrogen-bond acceptors (Lipinski definition) is 2. The van der Waals surface area contributed by atoms with Crippen molar-refractivity contribution in [3.05, 3.63) is 24.1 Å². The van der Waals surface area contributed by atoms with E-state index in [-0.39, 0.29) is 22.8 Å². The van der Waals surface area contributed by atoms with Gasteiger partial charge in [0.15, 0.2) is 0 Å². The average molecular weight is 193 g/mol. The van der Waals surface area contributed by atoms with Crippen molar-refractivity contribution in [3.8, 4) is 0 Å². The molecule has 1 rings (SSSR count). The van der Waals surface area contributed by atoms with Crippen molar-refractivity contribution in [1.29, 1.82) is 0 Å². The van der Waals surface area contributed by atoms with E-state index in [1.165, 1.54) is 12.1 Å². The number of nitrogen functional groups attached to an aromatic ring is 1. The molecule has 0 amide bonds. The number of anilines is 1.